The first kappa shape index (κ1) is 13.2. The number of methoxy groups -OCH3 is 1. The third-order valence-corrected chi connectivity index (χ3v) is 1.74. The fourth-order valence-electron chi connectivity index (χ4n) is 1.10. The second-order valence-electron chi connectivity index (χ2n) is 2.84. The number of ether oxygens (including phenoxy) is 2. The first-order valence-corrected chi connectivity index (χ1v) is 4.26. The van der Waals surface area contributed by atoms with Gasteiger partial charge in [-0.05, 0) is 0 Å². The largest absolute Gasteiger partial charge is 0.573 e. The van der Waals surface area contributed by atoms with E-state index >= 15 is 0 Å². The molecule has 0 spiro atoms. The van der Waals surface area contributed by atoms with Gasteiger partial charge < -0.3 is 9.47 Å². The van der Waals surface area contributed by atoms with Gasteiger partial charge in [-0.15, -0.1) is 13.2 Å². The molecule has 1 rings (SSSR count). The number of carbonyl (C=O) groups excluding carboxylic acids is 1. The molecule has 4 nitrogen and oxygen atoms in total. The van der Waals surface area contributed by atoms with Crippen molar-refractivity contribution in [1.29, 1.82) is 0 Å². The minimum Gasteiger partial charge on any atom is -0.481 e. The van der Waals surface area contributed by atoms with E-state index in [1.807, 2.05) is 0 Å². The van der Waals surface area contributed by atoms with Gasteiger partial charge in [-0.1, -0.05) is 0 Å². The van der Waals surface area contributed by atoms with Gasteiger partial charge in [0.2, 0.25) is 5.88 Å². The molecule has 1 heterocycles. The highest BCUT2D eigenvalue weighted by Gasteiger charge is 2.34. The van der Waals surface area contributed by atoms with Crippen LogP contribution in [0, 0.1) is 0 Å². The lowest BCUT2D eigenvalue weighted by molar-refractivity contribution is -0.275. The molecule has 0 unspecified atom stereocenters. The highest BCUT2D eigenvalue weighted by molar-refractivity contribution is 5.77. The Morgan fingerprint density at radius 3 is 2.53 bits per heavy atom. The predicted molar refractivity (Wildman–Crippen MR) is 47.7 cm³/mol. The van der Waals surface area contributed by atoms with Crippen molar-refractivity contribution in [2.75, 3.05) is 7.11 Å². The maximum Gasteiger partial charge on any atom is 0.573 e. The molecule has 0 fully saturated rings. The Balaban J connectivity index is 3.29. The average Bonchev–Trinajstić information content (AvgIpc) is 2.27. The van der Waals surface area contributed by atoms with E-state index in [-0.39, 0.29) is 12.2 Å². The van der Waals surface area contributed by atoms with Gasteiger partial charge >= 0.3 is 6.36 Å². The lowest BCUT2D eigenvalue weighted by Gasteiger charge is -2.13. The number of hydrogen-bond acceptors (Lipinski definition) is 4. The molecule has 8 heteroatoms. The van der Waals surface area contributed by atoms with Crippen LogP contribution in [0.2, 0.25) is 0 Å². The van der Waals surface area contributed by atoms with E-state index in [4.69, 9.17) is 0 Å². The highest BCUT2D eigenvalue weighted by atomic mass is 19.4. The number of pyridine rings is 1. The number of aldehydes is 1. The van der Waals surface area contributed by atoms with Crippen LogP contribution in [0.15, 0.2) is 6.07 Å². The van der Waals surface area contributed by atoms with Crippen molar-refractivity contribution in [3.8, 4) is 11.6 Å². The lowest BCUT2D eigenvalue weighted by Crippen LogP contribution is -2.19. The van der Waals surface area contributed by atoms with Crippen molar-refractivity contribution >= 4 is 6.29 Å². The van der Waals surface area contributed by atoms with Gasteiger partial charge in [0, 0.05) is 11.6 Å². The zero-order valence-corrected chi connectivity index (χ0v) is 8.55. The molecule has 94 valence electrons. The van der Waals surface area contributed by atoms with E-state index in [1.54, 1.807) is 0 Å². The van der Waals surface area contributed by atoms with Crippen LogP contribution in [0.1, 0.15) is 16.1 Å². The third kappa shape index (κ3) is 3.30. The van der Waals surface area contributed by atoms with Gasteiger partial charge in [-0.2, -0.15) is 0 Å². The van der Waals surface area contributed by atoms with Crippen molar-refractivity contribution in [3.63, 3.8) is 0 Å². The molecule has 0 bridgehead atoms. The number of alkyl halides is 4. The van der Waals surface area contributed by atoms with Crippen molar-refractivity contribution in [2.24, 2.45) is 0 Å². The number of nitrogens with zero attached hydrogens (tertiary/aromatic N) is 1. The molecular formula is C9H7F4NO3. The highest BCUT2D eigenvalue weighted by Crippen LogP contribution is 2.31. The van der Waals surface area contributed by atoms with Crippen molar-refractivity contribution in [1.82, 2.24) is 4.98 Å². The molecule has 0 N–H and O–H groups in total. The van der Waals surface area contributed by atoms with Crippen LogP contribution in [0.5, 0.6) is 11.6 Å². The standard InChI is InChI=1S/C9H7F4NO3/c1-16-7-2-5(3-10)8(6(4-15)14-7)17-9(11,12)13/h2,4H,3H2,1H3. The Morgan fingerprint density at radius 1 is 1.47 bits per heavy atom. The molecule has 0 radical (unpaired) electrons. The summed E-state index contributed by atoms with van der Waals surface area (Å²) in [5.41, 5.74) is -1.13. The van der Waals surface area contributed by atoms with E-state index in [0.29, 0.717) is 0 Å². The fraction of sp³-hybridized carbons (Fsp3) is 0.333. The van der Waals surface area contributed by atoms with Gasteiger partial charge in [0.15, 0.2) is 12.0 Å². The number of rotatable bonds is 4. The molecule has 0 amide bonds. The number of halogens is 4. The minimum atomic E-state index is -5.03. The second-order valence-corrected chi connectivity index (χ2v) is 2.84. The van der Waals surface area contributed by atoms with Gasteiger partial charge in [-0.25, -0.2) is 9.37 Å². The molecule has 1 aromatic rings. The molecule has 0 atom stereocenters. The molecule has 0 aliphatic carbocycles. The van der Waals surface area contributed by atoms with E-state index in [0.717, 1.165) is 6.07 Å². The van der Waals surface area contributed by atoms with Crippen LogP contribution in [-0.2, 0) is 6.67 Å². The van der Waals surface area contributed by atoms with Crippen LogP contribution in [0.3, 0.4) is 0 Å². The summed E-state index contributed by atoms with van der Waals surface area (Å²) >= 11 is 0. The molecule has 0 saturated carbocycles. The molecule has 0 aromatic carbocycles. The third-order valence-electron chi connectivity index (χ3n) is 1.74. The van der Waals surface area contributed by atoms with Crippen molar-refractivity contribution in [2.45, 2.75) is 13.0 Å². The molecule has 0 aliphatic heterocycles. The first-order valence-electron chi connectivity index (χ1n) is 4.26. The molecular weight excluding hydrogens is 246 g/mol. The Hall–Kier alpha value is -1.86. The summed E-state index contributed by atoms with van der Waals surface area (Å²) in [7, 11) is 1.18. The maximum atomic E-state index is 12.5. The lowest BCUT2D eigenvalue weighted by atomic mass is 10.2. The van der Waals surface area contributed by atoms with Gasteiger partial charge in [0.25, 0.3) is 0 Å². The second kappa shape index (κ2) is 4.98. The molecule has 0 aliphatic rings. The summed E-state index contributed by atoms with van der Waals surface area (Å²) in [6, 6.07) is 0.925. The topological polar surface area (TPSA) is 48.4 Å². The summed E-state index contributed by atoms with van der Waals surface area (Å²) in [6.07, 6.45) is -5.00. The summed E-state index contributed by atoms with van der Waals surface area (Å²) in [5.74, 6) is -1.12. The monoisotopic (exact) mass is 253 g/mol. The van der Waals surface area contributed by atoms with Crippen LogP contribution in [0.4, 0.5) is 17.6 Å². The van der Waals surface area contributed by atoms with Crippen molar-refractivity contribution in [3.05, 3.63) is 17.3 Å². The molecule has 17 heavy (non-hydrogen) atoms. The zero-order valence-electron chi connectivity index (χ0n) is 8.55. The molecule has 1 aromatic heterocycles. The minimum absolute atomic E-state index is 0.0305. The Labute approximate surface area is 93.2 Å². The van der Waals surface area contributed by atoms with Gasteiger partial charge in [0.05, 0.1) is 7.11 Å². The summed E-state index contributed by atoms with van der Waals surface area (Å²) < 4.78 is 56.8. The Kier molecular flexibility index (Phi) is 3.87. The quantitative estimate of drug-likeness (QED) is 0.610. The average molecular weight is 253 g/mol. The van der Waals surface area contributed by atoms with E-state index in [2.05, 4.69) is 14.5 Å². The number of carbonyl (C=O) groups is 1. The zero-order chi connectivity index (χ0) is 13.1. The fourth-order valence-corrected chi connectivity index (χ4v) is 1.10. The Bertz CT molecular complexity index is 419. The maximum absolute atomic E-state index is 12.5. The van der Waals surface area contributed by atoms with Crippen LogP contribution in [-0.4, -0.2) is 24.7 Å². The number of aromatic nitrogens is 1. The summed E-state index contributed by atoms with van der Waals surface area (Å²) in [6.45, 7) is -1.24. The van der Waals surface area contributed by atoms with E-state index in [9.17, 15) is 22.4 Å². The predicted octanol–water partition coefficient (Wildman–Crippen LogP) is 2.27. The van der Waals surface area contributed by atoms with Gasteiger partial charge in [0.1, 0.15) is 12.4 Å². The normalized spacial score (nSPS) is 11.1. The SMILES string of the molecule is COc1cc(CF)c(OC(F)(F)F)c(C=O)n1. The van der Waals surface area contributed by atoms with Crippen LogP contribution >= 0.6 is 0 Å². The van der Waals surface area contributed by atoms with E-state index in [1.165, 1.54) is 7.11 Å². The van der Waals surface area contributed by atoms with Crippen molar-refractivity contribution < 1.29 is 31.8 Å². The van der Waals surface area contributed by atoms with Crippen LogP contribution in [0.25, 0.3) is 0 Å². The smallest absolute Gasteiger partial charge is 0.481 e. The Morgan fingerprint density at radius 2 is 2.12 bits per heavy atom. The summed E-state index contributed by atoms with van der Waals surface area (Å²) in [4.78, 5) is 14.0. The first-order chi connectivity index (χ1) is 7.91. The van der Waals surface area contributed by atoms with E-state index < -0.39 is 30.0 Å². The summed E-state index contributed by atoms with van der Waals surface area (Å²) in [5, 5.41) is 0. The van der Waals surface area contributed by atoms with Gasteiger partial charge in [-0.3, -0.25) is 4.79 Å². The molecule has 0 saturated heterocycles. The number of hydrogen-bond donors (Lipinski definition) is 0. The van der Waals surface area contributed by atoms with Crippen LogP contribution < -0.4 is 9.47 Å².